The van der Waals surface area contributed by atoms with E-state index >= 15 is 0 Å². The molecular weight excluding hydrogens is 486 g/mol. The molecule has 4 saturated carbocycles. The molecule has 0 saturated heterocycles. The molecule has 4 aliphatic rings. The van der Waals surface area contributed by atoms with E-state index in [1.807, 2.05) is 32.9 Å². The Morgan fingerprint density at radius 2 is 1.53 bits per heavy atom. The summed E-state index contributed by atoms with van der Waals surface area (Å²) in [5.74, 6) is 2.79. The number of aliphatic imine (C=N–C) groups is 1. The summed E-state index contributed by atoms with van der Waals surface area (Å²) in [6.07, 6.45) is 10.1. The van der Waals surface area contributed by atoms with Crippen LogP contribution in [0.1, 0.15) is 66.5 Å². The van der Waals surface area contributed by atoms with Crippen molar-refractivity contribution in [2.24, 2.45) is 22.7 Å². The summed E-state index contributed by atoms with van der Waals surface area (Å²) in [7, 11) is 0. The lowest BCUT2D eigenvalue weighted by atomic mass is 9.48. The van der Waals surface area contributed by atoms with E-state index in [4.69, 9.17) is 0 Å². The molecule has 1 heterocycles. The summed E-state index contributed by atoms with van der Waals surface area (Å²) >= 11 is 3.53. The first kappa shape index (κ1) is 22.1. The molecule has 0 aliphatic heterocycles. The number of aromatic amines is 1. The molecule has 1 aromatic heterocycles. The Bertz CT molecular complexity index is 1290. The zero-order chi connectivity index (χ0) is 23.6. The molecule has 34 heavy (non-hydrogen) atoms. The average Bonchev–Trinajstić information content (AvgIpc) is 3.06. The van der Waals surface area contributed by atoms with Crippen molar-refractivity contribution in [2.45, 2.75) is 64.7 Å². The second-order valence-corrected chi connectivity index (χ2v) is 12.1. The molecule has 2 aromatic carbocycles. The van der Waals surface area contributed by atoms with Gasteiger partial charge in [-0.1, -0.05) is 28.1 Å². The zero-order valence-corrected chi connectivity index (χ0v) is 21.8. The fourth-order valence-corrected chi connectivity index (χ4v) is 8.24. The number of nitrogens with zero attached hydrogens (tertiary/aromatic N) is 2. The van der Waals surface area contributed by atoms with E-state index in [9.17, 15) is 4.79 Å². The Kier molecular flexibility index (Phi) is 5.25. The lowest BCUT2D eigenvalue weighted by Crippen LogP contribution is -2.48. The summed E-state index contributed by atoms with van der Waals surface area (Å²) in [6.45, 7) is 6.01. The van der Waals surface area contributed by atoms with E-state index in [2.05, 4.69) is 50.3 Å². The Morgan fingerprint density at radius 3 is 2.09 bits per heavy atom. The van der Waals surface area contributed by atoms with Crippen LogP contribution in [0, 0.1) is 38.5 Å². The van der Waals surface area contributed by atoms with E-state index in [1.54, 1.807) is 10.9 Å². The number of hydrogen-bond acceptors (Lipinski definition) is 2. The third-order valence-corrected chi connectivity index (χ3v) is 9.13. The van der Waals surface area contributed by atoms with Crippen molar-refractivity contribution in [2.75, 3.05) is 0 Å². The van der Waals surface area contributed by atoms with Crippen molar-refractivity contribution in [1.82, 2.24) is 9.78 Å². The van der Waals surface area contributed by atoms with Crippen LogP contribution in [0.25, 0.3) is 5.69 Å². The highest BCUT2D eigenvalue weighted by Crippen LogP contribution is 2.60. The van der Waals surface area contributed by atoms with Crippen LogP contribution in [0.4, 0.5) is 5.69 Å². The highest BCUT2D eigenvalue weighted by molar-refractivity contribution is 9.10. The quantitative estimate of drug-likeness (QED) is 0.369. The molecule has 4 fully saturated rings. The van der Waals surface area contributed by atoms with Crippen molar-refractivity contribution in [1.29, 1.82) is 0 Å². The van der Waals surface area contributed by atoms with Gasteiger partial charge >= 0.3 is 0 Å². The predicted molar refractivity (Wildman–Crippen MR) is 142 cm³/mol. The highest BCUT2D eigenvalue weighted by Gasteiger charge is 2.51. The van der Waals surface area contributed by atoms with Crippen LogP contribution in [-0.2, 0) is 5.41 Å². The van der Waals surface area contributed by atoms with Crippen molar-refractivity contribution in [3.63, 3.8) is 0 Å². The van der Waals surface area contributed by atoms with E-state index in [-0.39, 0.29) is 5.56 Å². The number of hydrogen-bond donors (Lipinski definition) is 1. The maximum absolute atomic E-state index is 13.3. The first-order valence-corrected chi connectivity index (χ1v) is 13.3. The molecule has 0 spiro atoms. The van der Waals surface area contributed by atoms with E-state index in [0.717, 1.165) is 50.4 Å². The van der Waals surface area contributed by atoms with Gasteiger partial charge in [-0.05, 0) is 123 Å². The van der Waals surface area contributed by atoms with Gasteiger partial charge in [0.25, 0.3) is 5.56 Å². The summed E-state index contributed by atoms with van der Waals surface area (Å²) in [5, 5.41) is 3.26. The first-order chi connectivity index (χ1) is 16.3. The maximum Gasteiger partial charge on any atom is 0.280 e. The third kappa shape index (κ3) is 3.64. The SMILES string of the molecule is Cc1cc(Br)cc(C)c1N=Cc1c(C)[nH]n(-c2ccc(C34CC5CC(CC(C5)C3)C4)cc2)c1=O. The fourth-order valence-electron chi connectivity index (χ4n) is 7.56. The molecule has 0 atom stereocenters. The van der Waals surface area contributed by atoms with Gasteiger partial charge in [-0.25, -0.2) is 4.68 Å². The van der Waals surface area contributed by atoms with Crippen LogP contribution < -0.4 is 5.56 Å². The second kappa shape index (κ2) is 8.08. The molecule has 4 aliphatic carbocycles. The number of halogens is 1. The number of aryl methyl sites for hydroxylation is 3. The lowest BCUT2D eigenvalue weighted by molar-refractivity contribution is -0.00518. The third-order valence-electron chi connectivity index (χ3n) is 8.67. The Balaban J connectivity index is 1.29. The normalized spacial score (nSPS) is 27.7. The summed E-state index contributed by atoms with van der Waals surface area (Å²) in [4.78, 5) is 18.0. The number of H-pyrrole nitrogens is 1. The zero-order valence-electron chi connectivity index (χ0n) is 20.2. The van der Waals surface area contributed by atoms with Crippen LogP contribution in [-0.4, -0.2) is 16.0 Å². The van der Waals surface area contributed by atoms with Gasteiger partial charge in [-0.2, -0.15) is 0 Å². The Hall–Kier alpha value is -2.40. The Morgan fingerprint density at radius 1 is 0.971 bits per heavy atom. The number of nitrogens with one attached hydrogen (secondary N) is 1. The molecule has 1 N–H and O–H groups in total. The van der Waals surface area contributed by atoms with Crippen LogP contribution in [0.15, 0.2) is 50.7 Å². The topological polar surface area (TPSA) is 50.1 Å². The Labute approximate surface area is 209 Å². The molecule has 176 valence electrons. The molecule has 0 amide bonds. The monoisotopic (exact) mass is 517 g/mol. The summed E-state index contributed by atoms with van der Waals surface area (Å²) in [6, 6.07) is 12.9. The highest BCUT2D eigenvalue weighted by atomic mass is 79.9. The minimum Gasteiger partial charge on any atom is -0.295 e. The smallest absolute Gasteiger partial charge is 0.280 e. The van der Waals surface area contributed by atoms with Crippen LogP contribution in [0.3, 0.4) is 0 Å². The van der Waals surface area contributed by atoms with Crippen LogP contribution in [0.2, 0.25) is 0 Å². The standard InChI is InChI=1S/C29H32BrN3O/c1-17-8-24(30)9-18(2)27(17)31-16-26-19(3)32-33(28(26)34)25-6-4-23(5-7-25)29-13-20-10-21(14-29)12-22(11-20)15-29/h4-9,16,20-22,32H,10-15H2,1-3H3. The molecule has 0 radical (unpaired) electrons. The van der Waals surface area contributed by atoms with Crippen molar-refractivity contribution in [3.05, 3.63) is 79.2 Å². The van der Waals surface area contributed by atoms with Gasteiger partial charge in [0, 0.05) is 16.4 Å². The minimum absolute atomic E-state index is 0.0591. The van der Waals surface area contributed by atoms with E-state index in [0.29, 0.717) is 11.0 Å². The molecule has 5 heteroatoms. The first-order valence-electron chi connectivity index (χ1n) is 12.5. The summed E-state index contributed by atoms with van der Waals surface area (Å²) in [5.41, 5.74) is 7.19. The van der Waals surface area contributed by atoms with E-state index < -0.39 is 0 Å². The van der Waals surface area contributed by atoms with Gasteiger partial charge in [0.05, 0.1) is 16.9 Å². The summed E-state index contributed by atoms with van der Waals surface area (Å²) < 4.78 is 2.69. The number of rotatable bonds is 4. The predicted octanol–water partition coefficient (Wildman–Crippen LogP) is 7.07. The van der Waals surface area contributed by atoms with E-state index in [1.165, 1.54) is 44.1 Å². The van der Waals surface area contributed by atoms with Gasteiger partial charge in [0.2, 0.25) is 0 Å². The van der Waals surface area contributed by atoms with Crippen molar-refractivity contribution < 1.29 is 0 Å². The van der Waals surface area contributed by atoms with Gasteiger partial charge in [-0.15, -0.1) is 0 Å². The number of aromatic nitrogens is 2. The van der Waals surface area contributed by atoms with Crippen molar-refractivity contribution >= 4 is 27.8 Å². The molecule has 4 nitrogen and oxygen atoms in total. The van der Waals surface area contributed by atoms with Gasteiger partial charge < -0.3 is 0 Å². The lowest BCUT2D eigenvalue weighted by Gasteiger charge is -2.57. The molecule has 0 unspecified atom stereocenters. The molecule has 4 bridgehead atoms. The number of benzene rings is 2. The fraction of sp³-hybridized carbons (Fsp3) is 0.448. The molecule has 3 aromatic rings. The van der Waals surface area contributed by atoms with Gasteiger partial charge in [-0.3, -0.25) is 14.9 Å². The molecule has 7 rings (SSSR count). The minimum atomic E-state index is -0.0591. The average molecular weight is 518 g/mol. The largest absolute Gasteiger partial charge is 0.295 e. The van der Waals surface area contributed by atoms with Gasteiger partial charge in [0.1, 0.15) is 0 Å². The molecular formula is C29H32BrN3O. The maximum atomic E-state index is 13.3. The van der Waals surface area contributed by atoms with Crippen molar-refractivity contribution in [3.8, 4) is 5.69 Å². The van der Waals surface area contributed by atoms with Crippen LogP contribution in [0.5, 0.6) is 0 Å². The van der Waals surface area contributed by atoms with Gasteiger partial charge in [0.15, 0.2) is 0 Å². The van der Waals surface area contributed by atoms with Crippen LogP contribution >= 0.6 is 15.9 Å². The second-order valence-electron chi connectivity index (χ2n) is 11.2.